The molecule has 7 nitrogen and oxygen atoms in total. The number of hydrogen-bond acceptors (Lipinski definition) is 4. The standard InChI is InChI=1S/C20H27N3O4S/c1-15-18(20(24)21-12-16-8-4-3-5-9-16)14-23(28(25,26)22-15)13-17-10-6-7-11-19(17)27-2/h6-7,10-11,14,16H,3-5,8-9,12-13H2,1-2H3,(H,21,24). The fourth-order valence-electron chi connectivity index (χ4n) is 3.65. The molecule has 28 heavy (non-hydrogen) atoms. The van der Waals surface area contributed by atoms with Crippen molar-refractivity contribution < 1.29 is 17.9 Å². The predicted molar refractivity (Wildman–Crippen MR) is 108 cm³/mol. The number of nitrogens with one attached hydrogen (secondary N) is 1. The third kappa shape index (κ3) is 4.73. The number of rotatable bonds is 6. The number of amides is 1. The molecule has 1 aromatic carbocycles. The topological polar surface area (TPSA) is 88.1 Å². The van der Waals surface area contributed by atoms with Crippen LogP contribution in [0.4, 0.5) is 0 Å². The first-order chi connectivity index (χ1) is 13.4. The lowest BCUT2D eigenvalue weighted by molar-refractivity contribution is -0.117. The molecule has 0 radical (unpaired) electrons. The van der Waals surface area contributed by atoms with Gasteiger partial charge in [0.05, 0.1) is 24.9 Å². The van der Waals surface area contributed by atoms with Gasteiger partial charge in [-0.15, -0.1) is 4.40 Å². The Hall–Kier alpha value is -2.35. The molecule has 1 heterocycles. The molecule has 0 bridgehead atoms. The highest BCUT2D eigenvalue weighted by molar-refractivity contribution is 7.88. The number of benzene rings is 1. The lowest BCUT2D eigenvalue weighted by Gasteiger charge is -2.25. The molecular formula is C20H27N3O4S. The van der Waals surface area contributed by atoms with Crippen LogP contribution >= 0.6 is 0 Å². The normalized spacial score (nSPS) is 19.6. The van der Waals surface area contributed by atoms with Gasteiger partial charge in [-0.1, -0.05) is 37.5 Å². The Morgan fingerprint density at radius 2 is 1.96 bits per heavy atom. The Bertz CT molecular complexity index is 886. The van der Waals surface area contributed by atoms with Gasteiger partial charge in [-0.25, -0.2) is 0 Å². The van der Waals surface area contributed by atoms with E-state index in [1.54, 1.807) is 19.1 Å². The highest BCUT2D eigenvalue weighted by atomic mass is 32.2. The van der Waals surface area contributed by atoms with Crippen LogP contribution in [0.2, 0.25) is 0 Å². The van der Waals surface area contributed by atoms with Crippen LogP contribution in [0.1, 0.15) is 44.6 Å². The van der Waals surface area contributed by atoms with Crippen LogP contribution < -0.4 is 10.1 Å². The third-order valence-electron chi connectivity index (χ3n) is 5.25. The minimum absolute atomic E-state index is 0.0442. The molecule has 1 aliphatic carbocycles. The lowest BCUT2D eigenvalue weighted by atomic mass is 9.89. The van der Waals surface area contributed by atoms with Gasteiger partial charge in [-0.2, -0.15) is 8.42 Å². The maximum Gasteiger partial charge on any atom is 0.344 e. The molecule has 0 atom stereocenters. The summed E-state index contributed by atoms with van der Waals surface area (Å²) in [5.74, 6) is 0.792. The Labute approximate surface area is 166 Å². The minimum Gasteiger partial charge on any atom is -0.496 e. The summed E-state index contributed by atoms with van der Waals surface area (Å²) < 4.78 is 35.2. The van der Waals surface area contributed by atoms with E-state index in [0.29, 0.717) is 23.8 Å². The van der Waals surface area contributed by atoms with E-state index in [2.05, 4.69) is 9.71 Å². The van der Waals surface area contributed by atoms with E-state index in [0.717, 1.165) is 17.1 Å². The van der Waals surface area contributed by atoms with Gasteiger partial charge in [0.2, 0.25) is 0 Å². The molecule has 3 rings (SSSR count). The number of para-hydroxylation sites is 1. The largest absolute Gasteiger partial charge is 0.496 e. The van der Waals surface area contributed by atoms with E-state index in [4.69, 9.17) is 4.74 Å². The van der Waals surface area contributed by atoms with Crippen LogP contribution in [-0.2, 0) is 21.5 Å². The second kappa shape index (κ2) is 8.77. The first-order valence-electron chi connectivity index (χ1n) is 9.61. The van der Waals surface area contributed by atoms with Crippen molar-refractivity contribution in [3.63, 3.8) is 0 Å². The number of hydrogen-bond donors (Lipinski definition) is 1. The van der Waals surface area contributed by atoms with Crippen molar-refractivity contribution in [2.24, 2.45) is 10.3 Å². The number of carbonyl (C=O) groups is 1. The molecule has 1 N–H and O–H groups in total. The van der Waals surface area contributed by atoms with Gasteiger partial charge in [-0.3, -0.25) is 9.10 Å². The number of carbonyl (C=O) groups excluding carboxylic acids is 1. The third-order valence-corrected chi connectivity index (χ3v) is 6.58. The second-order valence-electron chi connectivity index (χ2n) is 7.27. The summed E-state index contributed by atoms with van der Waals surface area (Å²) in [4.78, 5) is 12.7. The zero-order chi connectivity index (χ0) is 20.1. The second-order valence-corrected chi connectivity index (χ2v) is 8.82. The first-order valence-corrected chi connectivity index (χ1v) is 11.0. The van der Waals surface area contributed by atoms with Crippen LogP contribution in [0.5, 0.6) is 5.75 Å². The van der Waals surface area contributed by atoms with E-state index >= 15 is 0 Å². The molecule has 8 heteroatoms. The average Bonchev–Trinajstić information content (AvgIpc) is 2.69. The molecule has 2 aliphatic rings. The summed E-state index contributed by atoms with van der Waals surface area (Å²) >= 11 is 0. The van der Waals surface area contributed by atoms with Crippen molar-refractivity contribution in [1.29, 1.82) is 0 Å². The minimum atomic E-state index is -3.89. The summed E-state index contributed by atoms with van der Waals surface area (Å²) in [6.45, 7) is 2.20. The summed E-state index contributed by atoms with van der Waals surface area (Å²) in [6.07, 6.45) is 7.29. The molecule has 0 spiro atoms. The van der Waals surface area contributed by atoms with E-state index in [-0.39, 0.29) is 23.7 Å². The van der Waals surface area contributed by atoms with Gasteiger partial charge in [0.1, 0.15) is 5.75 Å². The lowest BCUT2D eigenvalue weighted by Crippen LogP contribution is -2.37. The van der Waals surface area contributed by atoms with Crippen LogP contribution in [0.3, 0.4) is 0 Å². The number of nitrogens with zero attached hydrogens (tertiary/aromatic N) is 2. The fourth-order valence-corrected chi connectivity index (χ4v) is 4.74. The van der Waals surface area contributed by atoms with Gasteiger partial charge in [-0.05, 0) is 31.7 Å². The zero-order valence-corrected chi connectivity index (χ0v) is 17.2. The summed E-state index contributed by atoms with van der Waals surface area (Å²) in [5.41, 5.74) is 1.18. The molecule has 1 amide bonds. The maximum atomic E-state index is 12.7. The molecule has 0 unspecified atom stereocenters. The number of methoxy groups -OCH3 is 1. The van der Waals surface area contributed by atoms with Gasteiger partial charge in [0, 0.05) is 18.3 Å². The Morgan fingerprint density at radius 1 is 1.25 bits per heavy atom. The molecule has 1 fully saturated rings. The quantitative estimate of drug-likeness (QED) is 0.788. The van der Waals surface area contributed by atoms with Crippen molar-refractivity contribution in [2.75, 3.05) is 13.7 Å². The molecule has 1 saturated carbocycles. The van der Waals surface area contributed by atoms with E-state index in [1.807, 2.05) is 12.1 Å². The van der Waals surface area contributed by atoms with E-state index in [9.17, 15) is 13.2 Å². The van der Waals surface area contributed by atoms with Crippen molar-refractivity contribution in [3.05, 3.63) is 41.6 Å². The van der Waals surface area contributed by atoms with Crippen molar-refractivity contribution >= 4 is 21.8 Å². The van der Waals surface area contributed by atoms with E-state index in [1.165, 1.54) is 32.6 Å². The predicted octanol–water partition coefficient (Wildman–Crippen LogP) is 2.80. The Morgan fingerprint density at radius 3 is 2.68 bits per heavy atom. The molecular weight excluding hydrogens is 378 g/mol. The Kier molecular flexibility index (Phi) is 6.39. The smallest absolute Gasteiger partial charge is 0.344 e. The van der Waals surface area contributed by atoms with Crippen LogP contribution in [0.15, 0.2) is 40.4 Å². The van der Waals surface area contributed by atoms with Crippen LogP contribution in [0.25, 0.3) is 0 Å². The van der Waals surface area contributed by atoms with Crippen molar-refractivity contribution in [2.45, 2.75) is 45.6 Å². The maximum absolute atomic E-state index is 12.7. The SMILES string of the molecule is COc1ccccc1CN1C=C(C(=O)NCC2CCCCC2)C(C)=NS1(=O)=O. The molecule has 0 aromatic heterocycles. The van der Waals surface area contributed by atoms with Crippen molar-refractivity contribution in [3.8, 4) is 5.75 Å². The molecule has 1 aliphatic heterocycles. The summed E-state index contributed by atoms with van der Waals surface area (Å²) in [5, 5.41) is 2.95. The van der Waals surface area contributed by atoms with Gasteiger partial charge >= 0.3 is 10.2 Å². The highest BCUT2D eigenvalue weighted by Crippen LogP contribution is 2.25. The van der Waals surface area contributed by atoms with Crippen molar-refractivity contribution in [1.82, 2.24) is 9.62 Å². The van der Waals surface area contributed by atoms with Gasteiger partial charge < -0.3 is 10.1 Å². The highest BCUT2D eigenvalue weighted by Gasteiger charge is 2.29. The molecule has 152 valence electrons. The first kappa shape index (κ1) is 20.4. The fraction of sp³-hybridized carbons (Fsp3) is 0.500. The summed E-state index contributed by atoms with van der Waals surface area (Å²) in [6, 6.07) is 7.18. The van der Waals surface area contributed by atoms with Gasteiger partial charge in [0.15, 0.2) is 0 Å². The number of ether oxygens (including phenoxy) is 1. The molecule has 1 aromatic rings. The van der Waals surface area contributed by atoms with Crippen LogP contribution in [-0.4, -0.2) is 38.0 Å². The van der Waals surface area contributed by atoms with E-state index < -0.39 is 10.2 Å². The Balaban J connectivity index is 1.76. The zero-order valence-electron chi connectivity index (χ0n) is 16.3. The average molecular weight is 406 g/mol. The van der Waals surface area contributed by atoms with Gasteiger partial charge in [0.25, 0.3) is 5.91 Å². The van der Waals surface area contributed by atoms with Crippen LogP contribution in [0, 0.1) is 5.92 Å². The monoisotopic (exact) mass is 405 g/mol. The summed E-state index contributed by atoms with van der Waals surface area (Å²) in [7, 11) is -2.35. The molecule has 0 saturated heterocycles.